The van der Waals surface area contributed by atoms with E-state index in [-0.39, 0.29) is 11.8 Å². The number of fused-ring (bicyclic) bond motifs is 1. The van der Waals surface area contributed by atoms with Crippen molar-refractivity contribution in [1.29, 1.82) is 0 Å². The monoisotopic (exact) mass is 464 g/mol. The molecule has 8 nitrogen and oxygen atoms in total. The number of rotatable bonds is 3. The standard InChI is InChI=1S/C23H36N4O4S/c1-20(28)27-13-9-5-3-4-8-12-24(18-21-10-6-7-11-22(21)27)19-23(29)25-14-16-26(17-15-25)32(2,30)31/h6-7,10-11H,3-5,8-9,12-19H2,1-2H3. The van der Waals surface area contributed by atoms with Crippen molar-refractivity contribution in [1.82, 2.24) is 14.1 Å². The lowest BCUT2D eigenvalue weighted by Crippen LogP contribution is -2.52. The zero-order chi connectivity index (χ0) is 23.1. The van der Waals surface area contributed by atoms with Crippen molar-refractivity contribution < 1.29 is 18.0 Å². The van der Waals surface area contributed by atoms with E-state index in [9.17, 15) is 18.0 Å². The van der Waals surface area contributed by atoms with Crippen molar-refractivity contribution in [2.24, 2.45) is 0 Å². The van der Waals surface area contributed by atoms with Gasteiger partial charge in [-0.15, -0.1) is 0 Å². The number of piperazine rings is 1. The van der Waals surface area contributed by atoms with E-state index in [1.807, 2.05) is 29.2 Å². The van der Waals surface area contributed by atoms with Crippen LogP contribution in [0.15, 0.2) is 24.3 Å². The molecule has 32 heavy (non-hydrogen) atoms. The Kier molecular flexibility index (Phi) is 8.67. The third kappa shape index (κ3) is 6.76. The molecular formula is C23H36N4O4S. The van der Waals surface area contributed by atoms with Crippen LogP contribution in [0, 0.1) is 0 Å². The summed E-state index contributed by atoms with van der Waals surface area (Å²) in [4.78, 5) is 31.2. The summed E-state index contributed by atoms with van der Waals surface area (Å²) in [5.74, 6) is 0.0760. The third-order valence-electron chi connectivity index (χ3n) is 6.33. The fourth-order valence-electron chi connectivity index (χ4n) is 4.51. The minimum atomic E-state index is -3.22. The second-order valence-corrected chi connectivity index (χ2v) is 10.8. The van der Waals surface area contributed by atoms with Crippen LogP contribution in [0.1, 0.15) is 44.6 Å². The highest BCUT2D eigenvalue weighted by Gasteiger charge is 2.27. The molecule has 9 heteroatoms. The highest BCUT2D eigenvalue weighted by Crippen LogP contribution is 2.24. The normalized spacial score (nSPS) is 20.2. The van der Waals surface area contributed by atoms with Crippen LogP contribution < -0.4 is 4.90 Å². The number of carbonyl (C=O) groups excluding carboxylic acids is 2. The molecule has 0 aromatic heterocycles. The maximum Gasteiger partial charge on any atom is 0.236 e. The van der Waals surface area contributed by atoms with Gasteiger partial charge in [0.15, 0.2) is 0 Å². The number of hydrogen-bond donors (Lipinski definition) is 0. The summed E-state index contributed by atoms with van der Waals surface area (Å²) in [6.07, 6.45) is 6.57. The van der Waals surface area contributed by atoms with Crippen molar-refractivity contribution in [3.05, 3.63) is 29.8 Å². The fourth-order valence-corrected chi connectivity index (χ4v) is 5.33. The first-order chi connectivity index (χ1) is 15.3. The Morgan fingerprint density at radius 2 is 1.50 bits per heavy atom. The largest absolute Gasteiger partial charge is 0.339 e. The molecule has 0 unspecified atom stereocenters. The van der Waals surface area contributed by atoms with Gasteiger partial charge >= 0.3 is 0 Å². The number of anilines is 1. The molecule has 0 saturated carbocycles. The predicted octanol–water partition coefficient (Wildman–Crippen LogP) is 1.91. The number of benzene rings is 1. The van der Waals surface area contributed by atoms with Gasteiger partial charge in [-0.2, -0.15) is 4.31 Å². The molecule has 0 N–H and O–H groups in total. The van der Waals surface area contributed by atoms with Crippen molar-refractivity contribution in [3.63, 3.8) is 0 Å². The average molecular weight is 465 g/mol. The first kappa shape index (κ1) is 24.7. The third-order valence-corrected chi connectivity index (χ3v) is 7.63. The molecule has 0 spiro atoms. The summed E-state index contributed by atoms with van der Waals surface area (Å²) in [6.45, 7) is 5.60. The van der Waals surface area contributed by atoms with Crippen molar-refractivity contribution in [3.8, 4) is 0 Å². The van der Waals surface area contributed by atoms with Crippen LogP contribution in [0.4, 0.5) is 5.69 Å². The molecule has 2 aliphatic rings. The van der Waals surface area contributed by atoms with Crippen molar-refractivity contribution in [2.45, 2.75) is 45.6 Å². The van der Waals surface area contributed by atoms with Crippen molar-refractivity contribution in [2.75, 3.05) is 57.0 Å². The Morgan fingerprint density at radius 1 is 0.875 bits per heavy atom. The lowest BCUT2D eigenvalue weighted by atomic mass is 10.1. The van der Waals surface area contributed by atoms with Gasteiger partial charge in [0, 0.05) is 51.9 Å². The predicted molar refractivity (Wildman–Crippen MR) is 126 cm³/mol. The molecule has 3 rings (SSSR count). The van der Waals surface area contributed by atoms with Crippen molar-refractivity contribution >= 4 is 27.5 Å². The lowest BCUT2D eigenvalue weighted by molar-refractivity contribution is -0.133. The first-order valence-electron chi connectivity index (χ1n) is 11.6. The van der Waals surface area contributed by atoms with Gasteiger partial charge in [0.05, 0.1) is 12.8 Å². The quantitative estimate of drug-likeness (QED) is 0.683. The molecule has 2 amide bonds. The maximum absolute atomic E-state index is 13.0. The van der Waals surface area contributed by atoms with Crippen LogP contribution in [-0.2, 0) is 26.2 Å². The van der Waals surface area contributed by atoms with E-state index in [1.165, 1.54) is 10.6 Å². The number of carbonyl (C=O) groups is 2. The minimum Gasteiger partial charge on any atom is -0.339 e. The Labute approximate surface area is 192 Å². The number of amides is 2. The van der Waals surface area contributed by atoms with Gasteiger partial charge in [0.25, 0.3) is 0 Å². The van der Waals surface area contributed by atoms with Gasteiger partial charge in [0.2, 0.25) is 21.8 Å². The number of nitrogens with zero attached hydrogens (tertiary/aromatic N) is 4. The van der Waals surface area contributed by atoms with Gasteiger partial charge in [-0.25, -0.2) is 8.42 Å². The maximum atomic E-state index is 13.0. The molecule has 178 valence electrons. The molecule has 0 aliphatic carbocycles. The zero-order valence-corrected chi connectivity index (χ0v) is 20.1. The van der Waals surface area contributed by atoms with Crippen LogP contribution in [-0.4, -0.2) is 86.4 Å². The smallest absolute Gasteiger partial charge is 0.236 e. The topological polar surface area (TPSA) is 81.2 Å². The first-order valence-corrected chi connectivity index (χ1v) is 13.4. The molecule has 1 fully saturated rings. The molecule has 1 saturated heterocycles. The summed E-state index contributed by atoms with van der Waals surface area (Å²) in [5, 5.41) is 0. The second-order valence-electron chi connectivity index (χ2n) is 8.82. The van der Waals surface area contributed by atoms with E-state index in [2.05, 4.69) is 4.90 Å². The minimum absolute atomic E-state index is 0.0335. The van der Waals surface area contributed by atoms with Crippen LogP contribution in [0.25, 0.3) is 0 Å². The highest BCUT2D eigenvalue weighted by molar-refractivity contribution is 7.88. The van der Waals surface area contributed by atoms with E-state index >= 15 is 0 Å². The van der Waals surface area contributed by atoms with Gasteiger partial charge in [-0.3, -0.25) is 14.5 Å². The van der Waals surface area contributed by atoms with E-state index in [0.29, 0.717) is 39.3 Å². The van der Waals surface area contributed by atoms with E-state index in [0.717, 1.165) is 56.4 Å². The fraction of sp³-hybridized carbons (Fsp3) is 0.652. The second kappa shape index (κ2) is 11.2. The average Bonchev–Trinajstić information content (AvgIpc) is 2.74. The summed E-state index contributed by atoms with van der Waals surface area (Å²) < 4.78 is 24.9. The Bertz CT molecular complexity index is 897. The molecule has 2 heterocycles. The zero-order valence-electron chi connectivity index (χ0n) is 19.3. The van der Waals surface area contributed by atoms with E-state index < -0.39 is 10.0 Å². The molecule has 1 aromatic rings. The summed E-state index contributed by atoms with van der Waals surface area (Å²) >= 11 is 0. The number of para-hydroxylation sites is 1. The number of hydrogen-bond acceptors (Lipinski definition) is 5. The lowest BCUT2D eigenvalue weighted by Gasteiger charge is -2.35. The Balaban J connectivity index is 1.72. The molecule has 0 atom stereocenters. The SMILES string of the molecule is CC(=O)N1CCCCCCCN(CC(=O)N2CCN(S(C)(=O)=O)CC2)Cc2ccccc21. The highest BCUT2D eigenvalue weighted by atomic mass is 32.2. The summed E-state index contributed by atoms with van der Waals surface area (Å²) in [7, 11) is -3.22. The van der Waals surface area contributed by atoms with Crippen LogP contribution in [0.5, 0.6) is 0 Å². The van der Waals surface area contributed by atoms with Gasteiger partial charge < -0.3 is 9.80 Å². The van der Waals surface area contributed by atoms with E-state index in [4.69, 9.17) is 0 Å². The molecular weight excluding hydrogens is 428 g/mol. The molecule has 0 radical (unpaired) electrons. The Morgan fingerprint density at radius 3 is 2.16 bits per heavy atom. The summed E-state index contributed by atoms with van der Waals surface area (Å²) in [6, 6.07) is 7.97. The van der Waals surface area contributed by atoms with Gasteiger partial charge in [0.1, 0.15) is 0 Å². The van der Waals surface area contributed by atoms with Crippen LogP contribution in [0.3, 0.4) is 0 Å². The number of sulfonamides is 1. The van der Waals surface area contributed by atoms with Crippen LogP contribution >= 0.6 is 0 Å². The molecule has 2 aliphatic heterocycles. The molecule has 0 bridgehead atoms. The van der Waals surface area contributed by atoms with Crippen LogP contribution in [0.2, 0.25) is 0 Å². The van der Waals surface area contributed by atoms with E-state index in [1.54, 1.807) is 11.8 Å². The summed E-state index contributed by atoms with van der Waals surface area (Å²) in [5.41, 5.74) is 1.98. The Hall–Kier alpha value is -1.97. The van der Waals surface area contributed by atoms with Gasteiger partial charge in [-0.05, 0) is 31.0 Å². The van der Waals surface area contributed by atoms with Gasteiger partial charge in [-0.1, -0.05) is 37.5 Å². The molecule has 1 aromatic carbocycles.